The third-order valence-electron chi connectivity index (χ3n) is 5.12. The topological polar surface area (TPSA) is 111 Å². The third kappa shape index (κ3) is 3.65. The van der Waals surface area contributed by atoms with Gasteiger partial charge in [-0.05, 0) is 37.4 Å². The summed E-state index contributed by atoms with van der Waals surface area (Å²) in [6, 6.07) is 12.8. The van der Waals surface area contributed by atoms with Crippen molar-refractivity contribution in [1.82, 2.24) is 19.7 Å². The van der Waals surface area contributed by atoms with Crippen LogP contribution in [-0.2, 0) is 4.79 Å². The number of fused-ring (bicyclic) bond motifs is 1. The van der Waals surface area contributed by atoms with E-state index in [1.165, 1.54) is 16.0 Å². The molecule has 10 heteroatoms. The van der Waals surface area contributed by atoms with Crippen LogP contribution in [0.2, 0.25) is 0 Å². The first-order valence-electron chi connectivity index (χ1n) is 9.91. The summed E-state index contributed by atoms with van der Waals surface area (Å²) in [4.78, 5) is 33.4. The van der Waals surface area contributed by atoms with Gasteiger partial charge in [-0.1, -0.05) is 18.2 Å². The lowest BCUT2D eigenvalue weighted by Gasteiger charge is -2.25. The molecule has 4 heterocycles. The maximum absolute atomic E-state index is 13.0. The Hall–Kier alpha value is -3.92. The number of anilines is 1. The average molecular weight is 449 g/mol. The second-order valence-electron chi connectivity index (χ2n) is 7.26. The van der Waals surface area contributed by atoms with Crippen molar-refractivity contribution >= 4 is 23.1 Å². The van der Waals surface area contributed by atoms with Crippen molar-refractivity contribution in [3.63, 3.8) is 0 Å². The van der Waals surface area contributed by atoms with Gasteiger partial charge in [0.25, 0.3) is 11.5 Å². The molecule has 4 aromatic rings. The zero-order valence-corrected chi connectivity index (χ0v) is 18.1. The summed E-state index contributed by atoms with van der Waals surface area (Å²) < 4.78 is 12.9. The zero-order valence-electron chi connectivity index (χ0n) is 17.3. The fraction of sp³-hybridized carbons (Fsp3) is 0.182. The molecule has 5 rings (SSSR count). The molecule has 162 valence electrons. The van der Waals surface area contributed by atoms with Crippen molar-refractivity contribution in [1.29, 1.82) is 0 Å². The Morgan fingerprint density at radius 1 is 1.22 bits per heavy atom. The van der Waals surface area contributed by atoms with Crippen LogP contribution >= 0.6 is 11.3 Å². The van der Waals surface area contributed by atoms with E-state index < -0.39 is 12.0 Å². The van der Waals surface area contributed by atoms with Gasteiger partial charge in [0.05, 0.1) is 4.88 Å². The van der Waals surface area contributed by atoms with E-state index in [0.717, 1.165) is 4.88 Å². The lowest BCUT2D eigenvalue weighted by atomic mass is 10.2. The van der Waals surface area contributed by atoms with Gasteiger partial charge in [-0.3, -0.25) is 14.6 Å². The Bertz CT molecular complexity index is 1360. The lowest BCUT2D eigenvalue weighted by Crippen LogP contribution is -2.40. The first kappa shape index (κ1) is 20.0. The van der Waals surface area contributed by atoms with Crippen molar-refractivity contribution in [2.45, 2.75) is 20.0 Å². The van der Waals surface area contributed by atoms with Gasteiger partial charge in [0.1, 0.15) is 18.1 Å². The summed E-state index contributed by atoms with van der Waals surface area (Å²) in [7, 11) is 0. The van der Waals surface area contributed by atoms with Gasteiger partial charge in [-0.2, -0.15) is 9.78 Å². The number of para-hydroxylation sites is 2. The molecule has 1 aliphatic rings. The first-order chi connectivity index (χ1) is 15.5. The molecular weight excluding hydrogens is 430 g/mol. The Balaban J connectivity index is 1.49. The Morgan fingerprint density at radius 3 is 2.78 bits per heavy atom. The summed E-state index contributed by atoms with van der Waals surface area (Å²) in [6.07, 6.45) is -0.842. The number of hydrogen-bond donors (Lipinski definition) is 2. The smallest absolute Gasteiger partial charge is 0.270 e. The number of aromatic nitrogens is 4. The maximum atomic E-state index is 13.0. The van der Waals surface area contributed by atoms with Gasteiger partial charge in [-0.15, -0.1) is 11.3 Å². The van der Waals surface area contributed by atoms with Crippen LogP contribution in [0.25, 0.3) is 16.5 Å². The molecule has 1 atom stereocenters. The highest BCUT2D eigenvalue weighted by atomic mass is 32.1. The standard InChI is InChI=1S/C22H19N5O4S/c1-12-13(2)23-22(25-20(12)28)27-19(10-14(26-27)18-8-5-9-32-18)24-21(29)17-11-30-15-6-3-4-7-16(15)31-17/h3-10,17H,11H2,1-2H3,(H,24,29)(H,23,25,28). The van der Waals surface area contributed by atoms with Crippen LogP contribution < -0.4 is 20.3 Å². The number of aromatic amines is 1. The highest BCUT2D eigenvalue weighted by molar-refractivity contribution is 7.13. The summed E-state index contributed by atoms with van der Waals surface area (Å²) in [5.41, 5.74) is 1.48. The molecular formula is C22H19N5O4S. The van der Waals surface area contributed by atoms with Crippen LogP contribution in [0.15, 0.2) is 52.6 Å². The highest BCUT2D eigenvalue weighted by Gasteiger charge is 2.28. The van der Waals surface area contributed by atoms with Gasteiger partial charge in [0.15, 0.2) is 11.5 Å². The Morgan fingerprint density at radius 2 is 2.03 bits per heavy atom. The molecule has 0 saturated carbocycles. The predicted octanol–water partition coefficient (Wildman–Crippen LogP) is 3.08. The van der Waals surface area contributed by atoms with E-state index in [0.29, 0.717) is 34.3 Å². The molecule has 3 aromatic heterocycles. The van der Waals surface area contributed by atoms with Crippen LogP contribution in [0.3, 0.4) is 0 Å². The molecule has 0 aliphatic carbocycles. The highest BCUT2D eigenvalue weighted by Crippen LogP contribution is 2.32. The first-order valence-corrected chi connectivity index (χ1v) is 10.8. The largest absolute Gasteiger partial charge is 0.485 e. The number of thiophene rings is 1. The minimum atomic E-state index is -0.842. The second-order valence-corrected chi connectivity index (χ2v) is 8.21. The number of benzene rings is 1. The van der Waals surface area contributed by atoms with Crippen LogP contribution in [0.1, 0.15) is 11.3 Å². The Kier molecular flexibility index (Phi) is 4.98. The monoisotopic (exact) mass is 449 g/mol. The van der Waals surface area contributed by atoms with E-state index in [1.807, 2.05) is 29.6 Å². The van der Waals surface area contributed by atoms with E-state index >= 15 is 0 Å². The van der Waals surface area contributed by atoms with E-state index in [2.05, 4.69) is 20.4 Å². The minimum Gasteiger partial charge on any atom is -0.485 e. The van der Waals surface area contributed by atoms with Crippen molar-refractivity contribution < 1.29 is 14.3 Å². The number of amides is 1. The van der Waals surface area contributed by atoms with Gasteiger partial charge in [-0.25, -0.2) is 4.98 Å². The molecule has 2 N–H and O–H groups in total. The number of carbonyl (C=O) groups is 1. The average Bonchev–Trinajstić information content (AvgIpc) is 3.47. The van der Waals surface area contributed by atoms with Gasteiger partial charge >= 0.3 is 0 Å². The summed E-state index contributed by atoms with van der Waals surface area (Å²) in [6.45, 7) is 3.53. The molecule has 32 heavy (non-hydrogen) atoms. The molecule has 1 aliphatic heterocycles. The number of aryl methyl sites for hydroxylation is 1. The summed E-state index contributed by atoms with van der Waals surface area (Å²) >= 11 is 1.52. The quantitative estimate of drug-likeness (QED) is 0.495. The molecule has 0 saturated heterocycles. The van der Waals surface area contributed by atoms with Crippen molar-refractivity contribution in [2.24, 2.45) is 0 Å². The van der Waals surface area contributed by atoms with E-state index in [4.69, 9.17) is 9.47 Å². The molecule has 0 spiro atoms. The predicted molar refractivity (Wildman–Crippen MR) is 120 cm³/mol. The molecule has 0 radical (unpaired) electrons. The van der Waals surface area contributed by atoms with Gasteiger partial charge in [0.2, 0.25) is 12.1 Å². The van der Waals surface area contributed by atoms with Crippen LogP contribution in [0.5, 0.6) is 11.5 Å². The molecule has 1 aromatic carbocycles. The number of nitrogens with zero attached hydrogens (tertiary/aromatic N) is 3. The number of carbonyl (C=O) groups excluding carboxylic acids is 1. The number of nitrogens with one attached hydrogen (secondary N) is 2. The SMILES string of the molecule is Cc1nc(-n2nc(-c3cccs3)cc2NC(=O)C2COc3ccccc3O2)[nH]c(=O)c1C. The maximum Gasteiger partial charge on any atom is 0.270 e. The van der Waals surface area contributed by atoms with Crippen LogP contribution in [-0.4, -0.2) is 38.4 Å². The zero-order chi connectivity index (χ0) is 22.2. The molecule has 0 fully saturated rings. The van der Waals surface area contributed by atoms with Crippen LogP contribution in [0, 0.1) is 13.8 Å². The van der Waals surface area contributed by atoms with Crippen LogP contribution in [0.4, 0.5) is 5.82 Å². The fourth-order valence-corrected chi connectivity index (χ4v) is 3.94. The summed E-state index contributed by atoms with van der Waals surface area (Å²) in [5.74, 6) is 1.27. The number of ether oxygens (including phenoxy) is 2. The molecule has 0 bridgehead atoms. The van der Waals surface area contributed by atoms with Gasteiger partial charge in [0, 0.05) is 17.3 Å². The second kappa shape index (κ2) is 7.97. The number of H-pyrrole nitrogens is 1. The molecule has 1 unspecified atom stereocenters. The minimum absolute atomic E-state index is 0.0769. The fourth-order valence-electron chi connectivity index (χ4n) is 3.26. The third-order valence-corrected chi connectivity index (χ3v) is 6.01. The van der Waals surface area contributed by atoms with Crippen molar-refractivity contribution in [3.8, 4) is 28.0 Å². The number of rotatable bonds is 4. The Labute approximate surface area is 186 Å². The van der Waals surface area contributed by atoms with E-state index in [1.54, 1.807) is 32.0 Å². The van der Waals surface area contributed by atoms with Gasteiger partial charge < -0.3 is 14.8 Å². The normalized spacial score (nSPS) is 14.9. The van der Waals surface area contributed by atoms with Crippen molar-refractivity contribution in [3.05, 3.63) is 69.5 Å². The summed E-state index contributed by atoms with van der Waals surface area (Å²) in [5, 5.41) is 9.36. The molecule has 9 nitrogen and oxygen atoms in total. The lowest BCUT2D eigenvalue weighted by molar-refractivity contribution is -0.125. The van der Waals surface area contributed by atoms with Crippen molar-refractivity contribution in [2.75, 3.05) is 11.9 Å². The molecule has 1 amide bonds. The van der Waals surface area contributed by atoms with E-state index in [9.17, 15) is 9.59 Å². The number of hydrogen-bond acceptors (Lipinski definition) is 7. The van der Waals surface area contributed by atoms with E-state index in [-0.39, 0.29) is 18.1 Å².